The molecule has 0 heterocycles. The van der Waals surface area contributed by atoms with Gasteiger partial charge in [-0.3, -0.25) is 14.9 Å². The van der Waals surface area contributed by atoms with Crippen LogP contribution >= 0.6 is 0 Å². The number of hydrogen-bond donors (Lipinski definition) is 2. The van der Waals surface area contributed by atoms with Crippen LogP contribution in [-0.2, 0) is 4.79 Å². The third-order valence-corrected chi connectivity index (χ3v) is 3.20. The molecular formula is C16H17N3O4. The van der Waals surface area contributed by atoms with Gasteiger partial charge in [0.25, 0.3) is 5.69 Å². The number of hydrogen-bond acceptors (Lipinski definition) is 5. The minimum atomic E-state index is -0.550. The van der Waals surface area contributed by atoms with Crippen molar-refractivity contribution in [3.05, 3.63) is 58.6 Å². The van der Waals surface area contributed by atoms with E-state index in [-0.39, 0.29) is 11.6 Å². The number of nitrogens with zero attached hydrogens (tertiary/aromatic N) is 1. The second kappa shape index (κ2) is 7.26. The molecule has 23 heavy (non-hydrogen) atoms. The summed E-state index contributed by atoms with van der Waals surface area (Å²) in [5.41, 5.74) is 0.989. The number of rotatable bonds is 6. The number of amides is 1. The normalized spacial score (nSPS) is 11.4. The second-order valence-electron chi connectivity index (χ2n) is 4.86. The number of carbonyl (C=O) groups is 1. The van der Waals surface area contributed by atoms with Crippen molar-refractivity contribution in [3.8, 4) is 5.75 Å². The Morgan fingerprint density at radius 3 is 2.65 bits per heavy atom. The van der Waals surface area contributed by atoms with Crippen LogP contribution in [0.5, 0.6) is 5.75 Å². The summed E-state index contributed by atoms with van der Waals surface area (Å²) in [5, 5.41) is 16.4. The van der Waals surface area contributed by atoms with Gasteiger partial charge in [-0.25, -0.2) is 0 Å². The van der Waals surface area contributed by atoms with Gasteiger partial charge in [0.1, 0.15) is 11.8 Å². The first-order valence-electron chi connectivity index (χ1n) is 6.96. The van der Waals surface area contributed by atoms with Crippen LogP contribution in [0.25, 0.3) is 0 Å². The quantitative estimate of drug-likeness (QED) is 0.631. The number of nitro benzene ring substituents is 1. The number of anilines is 2. The molecule has 2 aromatic carbocycles. The van der Waals surface area contributed by atoms with Crippen molar-refractivity contribution in [1.82, 2.24) is 0 Å². The van der Waals surface area contributed by atoms with Crippen LogP contribution in [0.2, 0.25) is 0 Å². The predicted molar refractivity (Wildman–Crippen MR) is 87.8 cm³/mol. The molecule has 7 heteroatoms. The molecule has 2 aromatic rings. The summed E-state index contributed by atoms with van der Waals surface area (Å²) in [7, 11) is 1.55. The lowest BCUT2D eigenvalue weighted by atomic mass is 10.2. The number of benzene rings is 2. The van der Waals surface area contributed by atoms with E-state index in [4.69, 9.17) is 4.74 Å². The number of carbonyl (C=O) groups excluding carboxylic acids is 1. The minimum absolute atomic E-state index is 0.0758. The molecule has 0 aliphatic heterocycles. The molecule has 0 fully saturated rings. The molecule has 0 bridgehead atoms. The Bertz CT molecular complexity index is 718. The van der Waals surface area contributed by atoms with Crippen LogP contribution in [0.1, 0.15) is 6.92 Å². The van der Waals surface area contributed by atoms with Gasteiger partial charge in [-0.05, 0) is 25.1 Å². The van der Waals surface area contributed by atoms with Gasteiger partial charge in [-0.2, -0.15) is 0 Å². The highest BCUT2D eigenvalue weighted by molar-refractivity contribution is 5.96. The maximum absolute atomic E-state index is 12.2. The van der Waals surface area contributed by atoms with E-state index in [1.807, 2.05) is 12.1 Å². The molecule has 7 nitrogen and oxygen atoms in total. The summed E-state index contributed by atoms with van der Waals surface area (Å²) in [4.78, 5) is 22.5. The molecule has 120 valence electrons. The average Bonchev–Trinajstić information content (AvgIpc) is 2.55. The molecule has 0 spiro atoms. The number of methoxy groups -OCH3 is 1. The predicted octanol–water partition coefficient (Wildman–Crippen LogP) is 3.04. The molecule has 0 unspecified atom stereocenters. The van der Waals surface area contributed by atoms with Gasteiger partial charge in [0, 0.05) is 17.8 Å². The van der Waals surface area contributed by atoms with Crippen LogP contribution in [0.15, 0.2) is 48.5 Å². The first-order valence-corrected chi connectivity index (χ1v) is 6.96. The van der Waals surface area contributed by atoms with Crippen molar-refractivity contribution in [3.63, 3.8) is 0 Å². The van der Waals surface area contributed by atoms with Gasteiger partial charge >= 0.3 is 0 Å². The van der Waals surface area contributed by atoms with Crippen LogP contribution in [0.3, 0.4) is 0 Å². The Labute approximate surface area is 133 Å². The van der Waals surface area contributed by atoms with Gasteiger partial charge < -0.3 is 15.4 Å². The molecule has 1 atom stereocenters. The van der Waals surface area contributed by atoms with E-state index in [9.17, 15) is 14.9 Å². The van der Waals surface area contributed by atoms with Gasteiger partial charge in [0.15, 0.2) is 0 Å². The van der Waals surface area contributed by atoms with Crippen molar-refractivity contribution in [2.24, 2.45) is 0 Å². The molecule has 0 aliphatic rings. The Balaban J connectivity index is 2.05. The SMILES string of the molecule is COc1ccccc1N[C@H](C)C(=O)Nc1cccc([N+](=O)[O-])c1. The van der Waals surface area contributed by atoms with Crippen molar-refractivity contribution < 1.29 is 14.5 Å². The van der Waals surface area contributed by atoms with Crippen molar-refractivity contribution >= 4 is 23.0 Å². The zero-order valence-corrected chi connectivity index (χ0v) is 12.8. The van der Waals surface area contributed by atoms with E-state index >= 15 is 0 Å². The summed E-state index contributed by atoms with van der Waals surface area (Å²) in [6, 6.07) is 12.5. The van der Waals surface area contributed by atoms with E-state index < -0.39 is 11.0 Å². The van der Waals surface area contributed by atoms with Gasteiger partial charge in [0.05, 0.1) is 17.7 Å². The molecule has 2 N–H and O–H groups in total. The van der Waals surface area contributed by atoms with E-state index in [0.29, 0.717) is 17.1 Å². The Morgan fingerprint density at radius 1 is 1.22 bits per heavy atom. The molecule has 1 amide bonds. The lowest BCUT2D eigenvalue weighted by Crippen LogP contribution is -2.32. The minimum Gasteiger partial charge on any atom is -0.495 e. The molecular weight excluding hydrogens is 298 g/mol. The number of nitro groups is 1. The highest BCUT2D eigenvalue weighted by Crippen LogP contribution is 2.24. The lowest BCUT2D eigenvalue weighted by molar-refractivity contribution is -0.384. The monoisotopic (exact) mass is 315 g/mol. The number of non-ortho nitro benzene ring substituents is 1. The third kappa shape index (κ3) is 4.19. The van der Waals surface area contributed by atoms with Gasteiger partial charge in [0.2, 0.25) is 5.91 Å². The zero-order chi connectivity index (χ0) is 16.8. The third-order valence-electron chi connectivity index (χ3n) is 3.20. The largest absolute Gasteiger partial charge is 0.495 e. The van der Waals surface area contributed by atoms with Crippen LogP contribution < -0.4 is 15.4 Å². The summed E-state index contributed by atoms with van der Waals surface area (Å²) in [5.74, 6) is 0.318. The fourth-order valence-corrected chi connectivity index (χ4v) is 2.01. The van der Waals surface area contributed by atoms with E-state index in [1.165, 1.54) is 18.2 Å². The van der Waals surface area contributed by atoms with E-state index in [0.717, 1.165) is 0 Å². The summed E-state index contributed by atoms with van der Waals surface area (Å²) >= 11 is 0. The van der Waals surface area contributed by atoms with Gasteiger partial charge in [-0.15, -0.1) is 0 Å². The molecule has 0 saturated heterocycles. The average molecular weight is 315 g/mol. The fourth-order valence-electron chi connectivity index (χ4n) is 2.01. The topological polar surface area (TPSA) is 93.5 Å². The Kier molecular flexibility index (Phi) is 5.14. The zero-order valence-electron chi connectivity index (χ0n) is 12.8. The summed E-state index contributed by atoms with van der Waals surface area (Å²) in [6.07, 6.45) is 0. The van der Waals surface area contributed by atoms with Gasteiger partial charge in [-0.1, -0.05) is 18.2 Å². The summed E-state index contributed by atoms with van der Waals surface area (Å²) in [6.45, 7) is 1.69. The smallest absolute Gasteiger partial charge is 0.271 e. The van der Waals surface area contributed by atoms with Crippen LogP contribution in [0, 0.1) is 10.1 Å². The van der Waals surface area contributed by atoms with Crippen molar-refractivity contribution in [2.75, 3.05) is 17.7 Å². The highest BCUT2D eigenvalue weighted by Gasteiger charge is 2.15. The maximum Gasteiger partial charge on any atom is 0.271 e. The molecule has 0 radical (unpaired) electrons. The fraction of sp³-hybridized carbons (Fsp3) is 0.188. The Hall–Kier alpha value is -3.09. The first-order chi connectivity index (χ1) is 11.0. The highest BCUT2D eigenvalue weighted by atomic mass is 16.6. The second-order valence-corrected chi connectivity index (χ2v) is 4.86. The number of nitrogens with one attached hydrogen (secondary N) is 2. The standard InChI is InChI=1S/C16H17N3O4/c1-11(17-14-8-3-4-9-15(14)23-2)16(20)18-12-6-5-7-13(10-12)19(21)22/h3-11,17H,1-2H3,(H,18,20)/t11-/m1/s1. The maximum atomic E-state index is 12.2. The van der Waals surface area contributed by atoms with Crippen molar-refractivity contribution in [2.45, 2.75) is 13.0 Å². The first kappa shape index (κ1) is 16.3. The van der Waals surface area contributed by atoms with Crippen LogP contribution in [-0.4, -0.2) is 24.0 Å². The molecule has 2 rings (SSSR count). The van der Waals surface area contributed by atoms with Crippen LogP contribution in [0.4, 0.5) is 17.1 Å². The molecule has 0 saturated carbocycles. The summed E-state index contributed by atoms with van der Waals surface area (Å²) < 4.78 is 5.22. The Morgan fingerprint density at radius 2 is 1.96 bits per heavy atom. The number of para-hydroxylation sites is 2. The molecule has 0 aromatic heterocycles. The van der Waals surface area contributed by atoms with E-state index in [2.05, 4.69) is 10.6 Å². The number of ether oxygens (including phenoxy) is 1. The lowest BCUT2D eigenvalue weighted by Gasteiger charge is -2.17. The van der Waals surface area contributed by atoms with Crippen molar-refractivity contribution in [1.29, 1.82) is 0 Å². The van der Waals surface area contributed by atoms with E-state index in [1.54, 1.807) is 32.2 Å². The molecule has 0 aliphatic carbocycles.